The van der Waals surface area contributed by atoms with Gasteiger partial charge in [-0.05, 0) is 12.8 Å². The highest BCUT2D eigenvalue weighted by atomic mass is 32.2. The van der Waals surface area contributed by atoms with Crippen LogP contribution in [0.5, 0.6) is 0 Å². The number of halogens is 1. The van der Waals surface area contributed by atoms with E-state index in [1.807, 2.05) is 0 Å². The molecule has 4 rings (SSSR count). The molecule has 1 amide bonds. The third kappa shape index (κ3) is 2.95. The van der Waals surface area contributed by atoms with Crippen molar-refractivity contribution in [2.75, 3.05) is 58.3 Å². The van der Waals surface area contributed by atoms with Gasteiger partial charge in [0.1, 0.15) is 5.60 Å². The maximum absolute atomic E-state index is 13.8. The molecule has 3 aliphatic heterocycles. The van der Waals surface area contributed by atoms with Gasteiger partial charge in [0.15, 0.2) is 15.5 Å². The van der Waals surface area contributed by atoms with Crippen molar-refractivity contribution >= 4 is 15.7 Å². The maximum Gasteiger partial charge on any atom is 0.260 e. The minimum absolute atomic E-state index is 0.0852. The number of alkyl halides is 1. The SMILES string of the molecule is O=C(N1CC2(C1)CS(=O)(=O)[C@@H](CN1CCOCC1)CO2)C1(F)CC1. The second kappa shape index (κ2) is 5.62. The van der Waals surface area contributed by atoms with E-state index in [1.165, 1.54) is 4.90 Å². The van der Waals surface area contributed by atoms with Crippen LogP contribution in [0.3, 0.4) is 0 Å². The van der Waals surface area contributed by atoms with E-state index in [4.69, 9.17) is 9.47 Å². The van der Waals surface area contributed by atoms with Gasteiger partial charge < -0.3 is 14.4 Å². The number of amides is 1. The third-order valence-electron chi connectivity index (χ3n) is 5.43. The van der Waals surface area contributed by atoms with Crippen LogP contribution in [-0.2, 0) is 24.1 Å². The lowest BCUT2D eigenvalue weighted by Gasteiger charge is -2.52. The van der Waals surface area contributed by atoms with Gasteiger partial charge in [0.05, 0.1) is 43.9 Å². The van der Waals surface area contributed by atoms with Crippen LogP contribution in [0.4, 0.5) is 4.39 Å². The molecule has 1 atom stereocenters. The van der Waals surface area contributed by atoms with Crippen LogP contribution in [0.25, 0.3) is 0 Å². The van der Waals surface area contributed by atoms with Crippen molar-refractivity contribution in [3.05, 3.63) is 0 Å². The van der Waals surface area contributed by atoms with Crippen LogP contribution in [-0.4, -0.2) is 98.9 Å². The molecule has 7 nitrogen and oxygen atoms in total. The smallest absolute Gasteiger partial charge is 0.260 e. The molecule has 0 aromatic rings. The summed E-state index contributed by atoms with van der Waals surface area (Å²) in [4.78, 5) is 15.4. The topological polar surface area (TPSA) is 76.2 Å². The van der Waals surface area contributed by atoms with Gasteiger partial charge in [0.2, 0.25) is 0 Å². The fourth-order valence-electron chi connectivity index (χ4n) is 3.72. The van der Waals surface area contributed by atoms with Crippen molar-refractivity contribution in [3.8, 4) is 0 Å². The van der Waals surface area contributed by atoms with Crippen molar-refractivity contribution in [2.45, 2.75) is 29.4 Å². The summed E-state index contributed by atoms with van der Waals surface area (Å²) in [5.74, 6) is -0.595. The van der Waals surface area contributed by atoms with E-state index in [9.17, 15) is 17.6 Å². The molecule has 0 N–H and O–H groups in total. The first-order valence-corrected chi connectivity index (χ1v) is 10.2. The Morgan fingerprint density at radius 2 is 1.88 bits per heavy atom. The van der Waals surface area contributed by atoms with Crippen LogP contribution >= 0.6 is 0 Å². The van der Waals surface area contributed by atoms with E-state index < -0.39 is 32.3 Å². The van der Waals surface area contributed by atoms with Crippen LogP contribution < -0.4 is 0 Å². The molecule has 3 heterocycles. The molecule has 1 saturated carbocycles. The summed E-state index contributed by atoms with van der Waals surface area (Å²) in [7, 11) is -3.30. The molecule has 0 aromatic carbocycles. The molecule has 4 aliphatic rings. The van der Waals surface area contributed by atoms with Crippen molar-refractivity contribution in [2.24, 2.45) is 0 Å². The van der Waals surface area contributed by atoms with Gasteiger partial charge in [-0.15, -0.1) is 0 Å². The van der Waals surface area contributed by atoms with Crippen molar-refractivity contribution < 1.29 is 27.1 Å². The molecule has 1 aliphatic carbocycles. The zero-order valence-corrected chi connectivity index (χ0v) is 14.4. The van der Waals surface area contributed by atoms with E-state index in [0.29, 0.717) is 19.8 Å². The Hall–Kier alpha value is -0.770. The molecule has 3 saturated heterocycles. The molecule has 4 fully saturated rings. The first-order valence-electron chi connectivity index (χ1n) is 8.46. The lowest BCUT2D eigenvalue weighted by atomic mass is 9.95. The number of ether oxygens (including phenoxy) is 2. The molecular formula is C15H23FN2O5S. The van der Waals surface area contributed by atoms with E-state index in [2.05, 4.69) is 4.90 Å². The highest BCUT2D eigenvalue weighted by Gasteiger charge is 2.60. The molecule has 136 valence electrons. The summed E-state index contributed by atoms with van der Waals surface area (Å²) >= 11 is 0. The molecule has 0 bridgehead atoms. The predicted octanol–water partition coefficient (Wildman–Crippen LogP) is -0.785. The third-order valence-corrected chi connectivity index (χ3v) is 7.66. The Bertz CT molecular complexity index is 624. The Labute approximate surface area is 141 Å². The molecule has 0 unspecified atom stereocenters. The average molecular weight is 362 g/mol. The molecule has 0 radical (unpaired) electrons. The first-order chi connectivity index (χ1) is 11.3. The Balaban J connectivity index is 1.35. The zero-order valence-electron chi connectivity index (χ0n) is 13.6. The molecule has 24 heavy (non-hydrogen) atoms. The number of nitrogens with zero attached hydrogens (tertiary/aromatic N) is 2. The van der Waals surface area contributed by atoms with Crippen molar-refractivity contribution in [1.29, 1.82) is 0 Å². The minimum atomic E-state index is -3.30. The molecule has 9 heteroatoms. The van der Waals surface area contributed by atoms with E-state index >= 15 is 0 Å². The summed E-state index contributed by atoms with van der Waals surface area (Å²) in [5, 5.41) is -0.540. The predicted molar refractivity (Wildman–Crippen MR) is 83.2 cm³/mol. The fourth-order valence-corrected chi connectivity index (χ4v) is 5.67. The fraction of sp³-hybridized carbons (Fsp3) is 0.933. The van der Waals surface area contributed by atoms with Gasteiger partial charge in [0.25, 0.3) is 5.91 Å². The van der Waals surface area contributed by atoms with Crippen molar-refractivity contribution in [1.82, 2.24) is 9.80 Å². The van der Waals surface area contributed by atoms with Gasteiger partial charge in [-0.2, -0.15) is 0 Å². The maximum atomic E-state index is 13.8. The summed E-state index contributed by atoms with van der Waals surface area (Å²) in [6, 6.07) is 0. The van der Waals surface area contributed by atoms with E-state index in [1.54, 1.807) is 0 Å². The quantitative estimate of drug-likeness (QED) is 0.655. The highest BCUT2D eigenvalue weighted by molar-refractivity contribution is 7.92. The van der Waals surface area contributed by atoms with Gasteiger partial charge in [-0.3, -0.25) is 9.69 Å². The molecule has 1 spiro atoms. The number of sulfone groups is 1. The largest absolute Gasteiger partial charge is 0.379 e. The Morgan fingerprint density at radius 1 is 1.21 bits per heavy atom. The summed E-state index contributed by atoms with van der Waals surface area (Å²) < 4.78 is 50.2. The van der Waals surface area contributed by atoms with E-state index in [0.717, 1.165) is 13.1 Å². The monoisotopic (exact) mass is 362 g/mol. The van der Waals surface area contributed by atoms with Crippen LogP contribution in [0.2, 0.25) is 0 Å². The van der Waals surface area contributed by atoms with E-state index in [-0.39, 0.29) is 38.3 Å². The van der Waals surface area contributed by atoms with Gasteiger partial charge in [0, 0.05) is 19.6 Å². The normalized spacial score (nSPS) is 33.9. The Morgan fingerprint density at radius 3 is 2.46 bits per heavy atom. The summed E-state index contributed by atoms with van der Waals surface area (Å²) in [6.07, 6.45) is 0.548. The van der Waals surface area contributed by atoms with Gasteiger partial charge in [-0.1, -0.05) is 0 Å². The van der Waals surface area contributed by atoms with Crippen LogP contribution in [0.15, 0.2) is 0 Å². The molecular weight excluding hydrogens is 339 g/mol. The second-order valence-electron chi connectivity index (χ2n) is 7.46. The van der Waals surface area contributed by atoms with Gasteiger partial charge >= 0.3 is 0 Å². The zero-order chi connectivity index (χ0) is 17.0. The number of carbonyl (C=O) groups is 1. The highest BCUT2D eigenvalue weighted by Crippen LogP contribution is 2.44. The number of carbonyl (C=O) groups excluding carboxylic acids is 1. The van der Waals surface area contributed by atoms with Crippen molar-refractivity contribution in [3.63, 3.8) is 0 Å². The molecule has 0 aromatic heterocycles. The summed E-state index contributed by atoms with van der Waals surface area (Å²) in [6.45, 7) is 3.68. The lowest BCUT2D eigenvalue weighted by molar-refractivity contribution is -0.171. The standard InChI is InChI=1S/C15H23FN2O5S/c16-15(1-2-15)13(19)18-9-14(10-18)11-24(20,21)12(8-23-14)7-17-3-5-22-6-4-17/h12H,1-11H2/t12-/m0/s1. The van der Waals surface area contributed by atoms with Crippen LogP contribution in [0.1, 0.15) is 12.8 Å². The number of hydrogen-bond acceptors (Lipinski definition) is 6. The number of rotatable bonds is 3. The second-order valence-corrected chi connectivity index (χ2v) is 9.74. The number of hydrogen-bond donors (Lipinski definition) is 0. The lowest BCUT2D eigenvalue weighted by Crippen LogP contribution is -2.72. The number of likely N-dealkylation sites (tertiary alicyclic amines) is 1. The minimum Gasteiger partial charge on any atom is -0.379 e. The first kappa shape index (κ1) is 16.7. The summed E-state index contributed by atoms with van der Waals surface area (Å²) in [5.41, 5.74) is -2.53. The average Bonchev–Trinajstić information content (AvgIpc) is 3.26. The Kier molecular flexibility index (Phi) is 3.91. The number of morpholine rings is 1. The van der Waals surface area contributed by atoms with Gasteiger partial charge in [-0.25, -0.2) is 12.8 Å². The van der Waals surface area contributed by atoms with Crippen LogP contribution in [0, 0.1) is 0 Å².